The quantitative estimate of drug-likeness (QED) is 0.822. The Kier molecular flexibility index (Phi) is 2.58. The highest BCUT2D eigenvalue weighted by molar-refractivity contribution is 6.33. The maximum atomic E-state index is 6.28. The van der Waals surface area contributed by atoms with Gasteiger partial charge < -0.3 is 5.32 Å². The van der Waals surface area contributed by atoms with Crippen molar-refractivity contribution >= 4 is 17.3 Å². The molecule has 1 aromatic carbocycles. The molecule has 4 aliphatic rings. The second-order valence-electron chi connectivity index (χ2n) is 6.58. The summed E-state index contributed by atoms with van der Waals surface area (Å²) >= 11 is 6.28. The van der Waals surface area contributed by atoms with Crippen molar-refractivity contribution in [3.8, 4) is 0 Å². The first-order chi connectivity index (χ1) is 8.79. The highest BCUT2D eigenvalue weighted by Gasteiger charge is 2.48. The fourth-order valence-corrected chi connectivity index (χ4v) is 5.11. The standard InChI is InChI=1S/C16H20ClN/c17-14-3-1-2-4-15(14)18-16-12-6-10-5-11(8-12)9-13(16)7-10/h1-4,10-13,16,18H,5-9H2. The van der Waals surface area contributed by atoms with Crippen LogP contribution < -0.4 is 5.32 Å². The summed E-state index contributed by atoms with van der Waals surface area (Å²) in [5.41, 5.74) is 1.14. The molecule has 4 aliphatic carbocycles. The summed E-state index contributed by atoms with van der Waals surface area (Å²) in [5, 5.41) is 4.63. The van der Waals surface area contributed by atoms with Gasteiger partial charge in [-0.05, 0) is 67.9 Å². The molecule has 0 atom stereocenters. The molecule has 4 bridgehead atoms. The summed E-state index contributed by atoms with van der Waals surface area (Å²) in [4.78, 5) is 0. The summed E-state index contributed by atoms with van der Waals surface area (Å²) in [5.74, 6) is 3.88. The molecule has 1 nitrogen and oxygen atoms in total. The van der Waals surface area contributed by atoms with Gasteiger partial charge in [0.15, 0.2) is 0 Å². The van der Waals surface area contributed by atoms with Crippen LogP contribution in [-0.2, 0) is 0 Å². The molecule has 0 heterocycles. The Morgan fingerprint density at radius 2 is 1.50 bits per heavy atom. The van der Waals surface area contributed by atoms with E-state index in [4.69, 9.17) is 11.6 Å². The second-order valence-corrected chi connectivity index (χ2v) is 6.99. The molecule has 4 fully saturated rings. The van der Waals surface area contributed by atoms with Crippen molar-refractivity contribution in [3.63, 3.8) is 0 Å². The van der Waals surface area contributed by atoms with Crippen molar-refractivity contribution in [2.24, 2.45) is 23.7 Å². The van der Waals surface area contributed by atoms with Crippen LogP contribution in [0.4, 0.5) is 5.69 Å². The molecular formula is C16H20ClN. The molecule has 1 aromatic rings. The molecule has 1 N–H and O–H groups in total. The summed E-state index contributed by atoms with van der Waals surface area (Å²) < 4.78 is 0. The van der Waals surface area contributed by atoms with Gasteiger partial charge in [-0.3, -0.25) is 0 Å². The topological polar surface area (TPSA) is 12.0 Å². The molecule has 0 radical (unpaired) electrons. The summed E-state index contributed by atoms with van der Waals surface area (Å²) in [7, 11) is 0. The Labute approximate surface area is 114 Å². The van der Waals surface area contributed by atoms with Crippen LogP contribution in [0.2, 0.25) is 5.02 Å². The third kappa shape index (κ3) is 1.75. The number of hydrogen-bond acceptors (Lipinski definition) is 1. The maximum Gasteiger partial charge on any atom is 0.0637 e. The van der Waals surface area contributed by atoms with Gasteiger partial charge in [0.05, 0.1) is 10.7 Å². The van der Waals surface area contributed by atoms with E-state index in [-0.39, 0.29) is 0 Å². The average Bonchev–Trinajstić information content (AvgIpc) is 2.35. The Morgan fingerprint density at radius 3 is 2.11 bits per heavy atom. The molecule has 0 spiro atoms. The van der Waals surface area contributed by atoms with Gasteiger partial charge in [-0.1, -0.05) is 23.7 Å². The first-order valence-corrected chi connectivity index (χ1v) is 7.68. The zero-order valence-electron chi connectivity index (χ0n) is 10.6. The van der Waals surface area contributed by atoms with E-state index in [1.54, 1.807) is 0 Å². The molecule has 4 saturated carbocycles. The molecule has 0 aromatic heterocycles. The van der Waals surface area contributed by atoms with Crippen LogP contribution in [0.25, 0.3) is 0 Å². The first kappa shape index (κ1) is 11.2. The van der Waals surface area contributed by atoms with Gasteiger partial charge in [-0.2, -0.15) is 0 Å². The van der Waals surface area contributed by atoms with E-state index in [2.05, 4.69) is 17.4 Å². The van der Waals surface area contributed by atoms with Gasteiger partial charge in [0.2, 0.25) is 0 Å². The normalized spacial score (nSPS) is 41.1. The molecule has 2 heteroatoms. The number of hydrogen-bond donors (Lipinski definition) is 1. The minimum atomic E-state index is 0.678. The lowest BCUT2D eigenvalue weighted by Crippen LogP contribution is -2.51. The third-order valence-corrected chi connectivity index (χ3v) is 5.75. The van der Waals surface area contributed by atoms with Gasteiger partial charge in [0.1, 0.15) is 0 Å². The van der Waals surface area contributed by atoms with Crippen molar-refractivity contribution in [2.45, 2.75) is 38.1 Å². The van der Waals surface area contributed by atoms with Crippen molar-refractivity contribution in [2.75, 3.05) is 5.32 Å². The largest absolute Gasteiger partial charge is 0.381 e. The van der Waals surface area contributed by atoms with Crippen molar-refractivity contribution in [1.82, 2.24) is 0 Å². The predicted molar refractivity (Wildman–Crippen MR) is 75.9 cm³/mol. The Morgan fingerprint density at radius 1 is 0.889 bits per heavy atom. The van der Waals surface area contributed by atoms with E-state index in [9.17, 15) is 0 Å². The molecule has 0 unspecified atom stereocenters. The zero-order valence-corrected chi connectivity index (χ0v) is 11.4. The summed E-state index contributed by atoms with van der Waals surface area (Å²) in [6.45, 7) is 0. The summed E-state index contributed by atoms with van der Waals surface area (Å²) in [6, 6.07) is 8.86. The van der Waals surface area contributed by atoms with Crippen molar-refractivity contribution in [1.29, 1.82) is 0 Å². The fourth-order valence-electron chi connectivity index (χ4n) is 4.92. The zero-order chi connectivity index (χ0) is 12.1. The van der Waals surface area contributed by atoms with Gasteiger partial charge in [0.25, 0.3) is 0 Å². The van der Waals surface area contributed by atoms with Crippen LogP contribution in [0.15, 0.2) is 24.3 Å². The number of anilines is 1. The van der Waals surface area contributed by atoms with Crippen LogP contribution >= 0.6 is 11.6 Å². The molecule has 96 valence electrons. The molecule has 18 heavy (non-hydrogen) atoms. The number of para-hydroxylation sites is 1. The van der Waals surface area contributed by atoms with E-state index >= 15 is 0 Å². The number of halogens is 1. The number of rotatable bonds is 2. The highest BCUT2D eigenvalue weighted by atomic mass is 35.5. The Balaban J connectivity index is 1.57. The van der Waals surface area contributed by atoms with Crippen LogP contribution in [0, 0.1) is 23.7 Å². The maximum absolute atomic E-state index is 6.28. The van der Waals surface area contributed by atoms with E-state index in [0.717, 1.165) is 34.4 Å². The minimum Gasteiger partial charge on any atom is -0.381 e. The van der Waals surface area contributed by atoms with Crippen LogP contribution in [-0.4, -0.2) is 6.04 Å². The lowest BCUT2D eigenvalue weighted by molar-refractivity contribution is 0.00754. The van der Waals surface area contributed by atoms with Crippen molar-refractivity contribution < 1.29 is 0 Å². The van der Waals surface area contributed by atoms with Gasteiger partial charge >= 0.3 is 0 Å². The fraction of sp³-hybridized carbons (Fsp3) is 0.625. The Bertz CT molecular complexity index is 428. The van der Waals surface area contributed by atoms with Crippen LogP contribution in [0.5, 0.6) is 0 Å². The molecule has 0 aliphatic heterocycles. The monoisotopic (exact) mass is 261 g/mol. The smallest absolute Gasteiger partial charge is 0.0637 e. The molecule has 5 rings (SSSR count). The predicted octanol–water partition coefficient (Wildman–Crippen LogP) is 4.58. The molecular weight excluding hydrogens is 242 g/mol. The SMILES string of the molecule is Clc1ccccc1NC1C2CC3CC(C2)CC1C3. The van der Waals surface area contributed by atoms with E-state index in [0.29, 0.717) is 6.04 Å². The molecule has 0 amide bonds. The van der Waals surface area contributed by atoms with Crippen LogP contribution in [0.3, 0.4) is 0 Å². The molecule has 0 saturated heterocycles. The first-order valence-electron chi connectivity index (χ1n) is 7.30. The van der Waals surface area contributed by atoms with Crippen LogP contribution in [0.1, 0.15) is 32.1 Å². The van der Waals surface area contributed by atoms with Gasteiger partial charge in [-0.15, -0.1) is 0 Å². The van der Waals surface area contributed by atoms with E-state index in [1.165, 1.54) is 32.1 Å². The second kappa shape index (κ2) is 4.16. The highest BCUT2D eigenvalue weighted by Crippen LogP contribution is 2.54. The lowest BCUT2D eigenvalue weighted by atomic mass is 9.54. The summed E-state index contributed by atoms with van der Waals surface area (Å²) in [6.07, 6.45) is 7.33. The third-order valence-electron chi connectivity index (χ3n) is 5.42. The van der Waals surface area contributed by atoms with Gasteiger partial charge in [0, 0.05) is 6.04 Å². The van der Waals surface area contributed by atoms with E-state index in [1.807, 2.05) is 12.1 Å². The minimum absolute atomic E-state index is 0.678. The average molecular weight is 262 g/mol. The van der Waals surface area contributed by atoms with Crippen molar-refractivity contribution in [3.05, 3.63) is 29.3 Å². The van der Waals surface area contributed by atoms with E-state index < -0.39 is 0 Å². The number of nitrogens with one attached hydrogen (secondary N) is 1. The lowest BCUT2D eigenvalue weighted by Gasteiger charge is -2.54. The van der Waals surface area contributed by atoms with Gasteiger partial charge in [-0.25, -0.2) is 0 Å². The Hall–Kier alpha value is -0.690. The number of benzene rings is 1.